The van der Waals surface area contributed by atoms with Gasteiger partial charge in [-0.2, -0.15) is 0 Å². The quantitative estimate of drug-likeness (QED) is 0.822. The van der Waals surface area contributed by atoms with Crippen molar-refractivity contribution in [3.05, 3.63) is 29.0 Å². The summed E-state index contributed by atoms with van der Waals surface area (Å²) in [5, 5.41) is 1.07. The highest BCUT2D eigenvalue weighted by molar-refractivity contribution is 9.10. The van der Waals surface area contributed by atoms with Crippen molar-refractivity contribution in [3.8, 4) is 0 Å². The predicted molar refractivity (Wildman–Crippen MR) is 94.2 cm³/mol. The fourth-order valence-electron chi connectivity index (χ4n) is 2.93. The van der Waals surface area contributed by atoms with Crippen molar-refractivity contribution < 1.29 is 4.55 Å². The minimum atomic E-state index is -0.949. The van der Waals surface area contributed by atoms with Crippen LogP contribution in [0.3, 0.4) is 0 Å². The number of rotatable bonds is 4. The summed E-state index contributed by atoms with van der Waals surface area (Å²) in [5.41, 5.74) is 0.961. The first-order valence-corrected chi connectivity index (χ1v) is 9.71. The zero-order valence-corrected chi connectivity index (χ0v) is 14.9. The highest BCUT2D eigenvalue weighted by Crippen LogP contribution is 2.29. The molecule has 1 saturated heterocycles. The summed E-state index contributed by atoms with van der Waals surface area (Å²) in [7, 11) is 0. The second kappa shape index (κ2) is 7.12. The maximum atomic E-state index is 11.2. The number of piperidine rings is 1. The molecule has 1 aromatic heterocycles. The highest BCUT2D eigenvalue weighted by atomic mass is 79.9. The number of aromatic nitrogens is 2. The Hall–Kier alpha value is -0.890. The fourth-order valence-corrected chi connectivity index (χ4v) is 3.76. The van der Waals surface area contributed by atoms with Crippen LogP contribution in [0.1, 0.15) is 12.8 Å². The minimum Gasteiger partial charge on any atom is -0.598 e. The van der Waals surface area contributed by atoms with E-state index in [2.05, 4.69) is 41.6 Å². The van der Waals surface area contributed by atoms with E-state index < -0.39 is 11.4 Å². The van der Waals surface area contributed by atoms with Gasteiger partial charge in [0.1, 0.15) is 18.4 Å². The van der Waals surface area contributed by atoms with Crippen LogP contribution in [0.4, 0.5) is 5.82 Å². The number of hydrogen-bond donors (Lipinski definition) is 1. The number of anilines is 1. The Bertz CT molecular complexity index is 654. The van der Waals surface area contributed by atoms with Gasteiger partial charge in [0.05, 0.1) is 5.52 Å². The van der Waals surface area contributed by atoms with E-state index in [4.69, 9.17) is 0 Å². The zero-order valence-electron chi connectivity index (χ0n) is 12.5. The minimum absolute atomic E-state index is 0.495. The van der Waals surface area contributed by atoms with Crippen LogP contribution in [0.5, 0.6) is 0 Å². The molecule has 7 heteroatoms. The van der Waals surface area contributed by atoms with Gasteiger partial charge in [-0.25, -0.2) is 9.97 Å². The Kier molecular flexibility index (Phi) is 5.18. The average Bonchev–Trinajstić information content (AvgIpc) is 2.52. The van der Waals surface area contributed by atoms with Crippen LogP contribution in [0.2, 0.25) is 0 Å². The molecule has 3 rings (SSSR count). The van der Waals surface area contributed by atoms with Gasteiger partial charge in [0.15, 0.2) is 0 Å². The van der Waals surface area contributed by atoms with E-state index in [0.717, 1.165) is 53.7 Å². The van der Waals surface area contributed by atoms with E-state index in [1.807, 2.05) is 12.1 Å². The number of nitrogens with zero attached hydrogens (tertiary/aromatic N) is 3. The third-order valence-electron chi connectivity index (χ3n) is 3.97. The van der Waals surface area contributed by atoms with Gasteiger partial charge < -0.3 is 9.45 Å². The molecule has 0 bridgehead atoms. The Labute approximate surface area is 142 Å². The molecule has 0 amide bonds. The maximum absolute atomic E-state index is 11.2. The Morgan fingerprint density at radius 2 is 2.32 bits per heavy atom. The Morgan fingerprint density at radius 1 is 1.45 bits per heavy atom. The second-order valence-corrected chi connectivity index (χ2v) is 7.73. The third kappa shape index (κ3) is 3.71. The summed E-state index contributed by atoms with van der Waals surface area (Å²) < 4.78 is 15.3. The molecular weight excluding hydrogens is 364 g/mol. The first-order valence-electron chi connectivity index (χ1n) is 7.35. The summed E-state index contributed by atoms with van der Waals surface area (Å²) in [6.45, 7) is 2.72. The SMILES string of the molecule is C[S+]([O-])NCC1CCCN(c2ncnc3ccc(Br)cc23)C1. The summed E-state index contributed by atoms with van der Waals surface area (Å²) in [5.74, 6) is 1.49. The molecule has 118 valence electrons. The van der Waals surface area contributed by atoms with Crippen LogP contribution >= 0.6 is 15.9 Å². The molecule has 5 nitrogen and oxygen atoms in total. The number of nitrogens with one attached hydrogen (secondary N) is 1. The number of benzene rings is 1. The molecule has 2 atom stereocenters. The molecule has 0 aliphatic carbocycles. The molecule has 1 aliphatic rings. The monoisotopic (exact) mass is 382 g/mol. The van der Waals surface area contributed by atoms with Crippen LogP contribution in [0.25, 0.3) is 10.9 Å². The van der Waals surface area contributed by atoms with Crippen molar-refractivity contribution >= 4 is 44.0 Å². The largest absolute Gasteiger partial charge is 0.598 e. The molecular formula is C15H19BrN4OS. The summed E-state index contributed by atoms with van der Waals surface area (Å²) in [6, 6.07) is 6.08. The van der Waals surface area contributed by atoms with Crippen molar-refractivity contribution in [2.24, 2.45) is 5.92 Å². The van der Waals surface area contributed by atoms with Gasteiger partial charge in [-0.1, -0.05) is 15.9 Å². The van der Waals surface area contributed by atoms with E-state index in [1.54, 1.807) is 12.6 Å². The molecule has 0 spiro atoms. The fraction of sp³-hybridized carbons (Fsp3) is 0.467. The zero-order chi connectivity index (χ0) is 15.5. The summed E-state index contributed by atoms with van der Waals surface area (Å²) in [4.78, 5) is 11.2. The normalized spacial score (nSPS) is 20.3. The Balaban J connectivity index is 1.82. The lowest BCUT2D eigenvalue weighted by Gasteiger charge is -2.34. The van der Waals surface area contributed by atoms with Crippen molar-refractivity contribution in [3.63, 3.8) is 0 Å². The number of fused-ring (bicyclic) bond motifs is 1. The van der Waals surface area contributed by atoms with E-state index in [9.17, 15) is 4.55 Å². The molecule has 1 N–H and O–H groups in total. The van der Waals surface area contributed by atoms with Gasteiger partial charge in [0, 0.05) is 40.9 Å². The van der Waals surface area contributed by atoms with Crippen molar-refractivity contribution in [1.29, 1.82) is 0 Å². The van der Waals surface area contributed by atoms with Gasteiger partial charge in [0.2, 0.25) is 0 Å². The lowest BCUT2D eigenvalue weighted by atomic mass is 9.98. The van der Waals surface area contributed by atoms with Crippen LogP contribution in [-0.4, -0.2) is 40.4 Å². The molecule has 0 saturated carbocycles. The topological polar surface area (TPSA) is 64.1 Å². The molecule has 22 heavy (non-hydrogen) atoms. The summed E-state index contributed by atoms with van der Waals surface area (Å²) >= 11 is 2.58. The van der Waals surface area contributed by atoms with Crippen LogP contribution in [0, 0.1) is 5.92 Å². The second-order valence-electron chi connectivity index (χ2n) is 5.62. The lowest BCUT2D eigenvalue weighted by molar-refractivity contribution is 0.410. The average molecular weight is 383 g/mol. The maximum Gasteiger partial charge on any atom is 0.139 e. The van der Waals surface area contributed by atoms with E-state index in [-0.39, 0.29) is 0 Å². The van der Waals surface area contributed by atoms with Crippen molar-refractivity contribution in [2.75, 3.05) is 30.8 Å². The third-order valence-corrected chi connectivity index (χ3v) is 5.04. The Morgan fingerprint density at radius 3 is 3.14 bits per heavy atom. The highest BCUT2D eigenvalue weighted by Gasteiger charge is 2.23. The summed E-state index contributed by atoms with van der Waals surface area (Å²) in [6.07, 6.45) is 5.60. The van der Waals surface area contributed by atoms with Gasteiger partial charge >= 0.3 is 0 Å². The molecule has 1 aliphatic heterocycles. The van der Waals surface area contributed by atoms with Gasteiger partial charge in [-0.3, -0.25) is 0 Å². The molecule has 2 heterocycles. The van der Waals surface area contributed by atoms with Crippen LogP contribution < -0.4 is 9.62 Å². The first kappa shape index (κ1) is 16.0. The molecule has 2 unspecified atom stereocenters. The molecule has 1 fully saturated rings. The van der Waals surface area contributed by atoms with Crippen molar-refractivity contribution in [1.82, 2.24) is 14.7 Å². The molecule has 2 aromatic rings. The predicted octanol–water partition coefficient (Wildman–Crippen LogP) is 2.49. The lowest BCUT2D eigenvalue weighted by Crippen LogP contribution is -2.41. The molecule has 0 radical (unpaired) electrons. The number of hydrogen-bond acceptors (Lipinski definition) is 5. The number of halogens is 1. The van der Waals surface area contributed by atoms with Crippen LogP contribution in [-0.2, 0) is 11.4 Å². The van der Waals surface area contributed by atoms with Gasteiger partial charge in [0.25, 0.3) is 0 Å². The van der Waals surface area contributed by atoms with Gasteiger partial charge in [-0.15, -0.1) is 4.72 Å². The standard InChI is InChI=1S/C15H19BrN4OS/c1-22(21)19-8-11-3-2-6-20(9-11)15-13-7-12(16)4-5-14(13)17-10-18-15/h4-5,7,10-11,19H,2-3,6,8-9H2,1H3. The first-order chi connectivity index (χ1) is 10.6. The van der Waals surface area contributed by atoms with Crippen molar-refractivity contribution in [2.45, 2.75) is 12.8 Å². The molecule has 1 aromatic carbocycles. The van der Waals surface area contributed by atoms with E-state index in [1.165, 1.54) is 0 Å². The van der Waals surface area contributed by atoms with E-state index >= 15 is 0 Å². The van der Waals surface area contributed by atoms with Gasteiger partial charge in [-0.05, 0) is 37.0 Å². The van der Waals surface area contributed by atoms with Crippen LogP contribution in [0.15, 0.2) is 29.0 Å². The smallest absolute Gasteiger partial charge is 0.139 e. The van der Waals surface area contributed by atoms with E-state index in [0.29, 0.717) is 5.92 Å².